The zero-order valence-corrected chi connectivity index (χ0v) is 20.3. The van der Waals surface area contributed by atoms with E-state index < -0.39 is 0 Å². The molecule has 0 aromatic heterocycles. The van der Waals surface area contributed by atoms with Crippen LogP contribution in [-0.2, 0) is 20.4 Å². The average Bonchev–Trinajstić information content (AvgIpc) is 2.81. The number of carbonyl (C=O) groups is 1. The first-order valence-electron chi connectivity index (χ1n) is 12.2. The first kappa shape index (κ1) is 26.3. The second-order valence-corrected chi connectivity index (χ2v) is 9.71. The van der Waals surface area contributed by atoms with Crippen molar-refractivity contribution in [3.8, 4) is 0 Å². The van der Waals surface area contributed by atoms with Gasteiger partial charge >= 0.3 is 0 Å². The van der Waals surface area contributed by atoms with Gasteiger partial charge in [0.15, 0.2) is 0 Å². The van der Waals surface area contributed by atoms with E-state index in [-0.39, 0.29) is 17.4 Å². The molecule has 1 N–H and O–H groups in total. The summed E-state index contributed by atoms with van der Waals surface area (Å²) in [4.78, 5) is 12.4. The number of rotatable bonds is 16. The molecule has 176 valence electrons. The summed E-state index contributed by atoms with van der Waals surface area (Å²) >= 11 is 0. The third-order valence-corrected chi connectivity index (χ3v) is 6.94. The molecule has 0 amide bonds. The van der Waals surface area contributed by atoms with Crippen LogP contribution in [-0.4, -0.2) is 31.2 Å². The highest BCUT2D eigenvalue weighted by Gasteiger charge is 2.27. The quantitative estimate of drug-likeness (QED) is 0.300. The molecule has 2 unspecified atom stereocenters. The molecule has 2 aromatic carbocycles. The van der Waals surface area contributed by atoms with Crippen LogP contribution in [0.5, 0.6) is 0 Å². The van der Waals surface area contributed by atoms with Crippen LogP contribution < -0.4 is 0 Å². The number of aliphatic hydroxyl groups excluding tert-OH is 1. The maximum Gasteiger partial charge on any atom is 0.132 e. The van der Waals surface area contributed by atoms with Gasteiger partial charge in [-0.25, -0.2) is 0 Å². The summed E-state index contributed by atoms with van der Waals surface area (Å²) in [6, 6.07) is 21.0. The Morgan fingerprint density at radius 1 is 0.750 bits per heavy atom. The Hall–Kier alpha value is -1.97. The first-order valence-corrected chi connectivity index (χ1v) is 12.2. The molecular weight excluding hydrogens is 396 g/mol. The third-order valence-electron chi connectivity index (χ3n) is 6.94. The molecule has 2 atom stereocenters. The van der Waals surface area contributed by atoms with Crippen LogP contribution in [0.25, 0.3) is 0 Å². The van der Waals surface area contributed by atoms with Crippen molar-refractivity contribution in [3.63, 3.8) is 0 Å². The molecule has 0 heterocycles. The predicted molar refractivity (Wildman–Crippen MR) is 133 cm³/mol. The zero-order chi connectivity index (χ0) is 23.3. The topological polar surface area (TPSA) is 46.5 Å². The Morgan fingerprint density at radius 2 is 1.22 bits per heavy atom. The van der Waals surface area contributed by atoms with Gasteiger partial charge in [0.1, 0.15) is 5.78 Å². The molecule has 0 saturated carbocycles. The van der Waals surface area contributed by atoms with E-state index in [2.05, 4.69) is 62.4 Å². The summed E-state index contributed by atoms with van der Waals surface area (Å²) in [6.07, 6.45) is 8.02. The molecule has 0 aliphatic heterocycles. The van der Waals surface area contributed by atoms with Crippen LogP contribution in [0.1, 0.15) is 82.8 Å². The van der Waals surface area contributed by atoms with Crippen molar-refractivity contribution in [1.29, 1.82) is 0 Å². The molecule has 0 radical (unpaired) electrons. The van der Waals surface area contributed by atoms with Gasteiger partial charge in [-0.2, -0.15) is 0 Å². The van der Waals surface area contributed by atoms with Crippen molar-refractivity contribution < 1.29 is 14.6 Å². The highest BCUT2D eigenvalue weighted by atomic mass is 16.5. The lowest BCUT2D eigenvalue weighted by Crippen LogP contribution is -2.27. The second-order valence-electron chi connectivity index (χ2n) is 9.71. The van der Waals surface area contributed by atoms with Gasteiger partial charge in [-0.15, -0.1) is 0 Å². The van der Waals surface area contributed by atoms with E-state index in [0.717, 1.165) is 44.9 Å². The van der Waals surface area contributed by atoms with Crippen LogP contribution in [0.4, 0.5) is 0 Å². The number of Topliss-reactive ketones (excluding diaryl/α,β-unsaturated/α-hetero) is 1. The Bertz CT molecular complexity index is 708. The van der Waals surface area contributed by atoms with Gasteiger partial charge < -0.3 is 9.84 Å². The fourth-order valence-corrected chi connectivity index (χ4v) is 4.76. The summed E-state index contributed by atoms with van der Waals surface area (Å²) in [5.41, 5.74) is 2.55. The molecule has 3 heteroatoms. The fourth-order valence-electron chi connectivity index (χ4n) is 4.76. The summed E-state index contributed by atoms with van der Waals surface area (Å²) in [7, 11) is 1.76. The number of methoxy groups -OCH3 is 1. The van der Waals surface area contributed by atoms with E-state index >= 15 is 0 Å². The van der Waals surface area contributed by atoms with Crippen LogP contribution >= 0.6 is 0 Å². The van der Waals surface area contributed by atoms with E-state index in [1.54, 1.807) is 7.11 Å². The van der Waals surface area contributed by atoms with E-state index in [1.165, 1.54) is 11.1 Å². The van der Waals surface area contributed by atoms with E-state index in [1.807, 2.05) is 12.1 Å². The lowest BCUT2D eigenvalue weighted by molar-refractivity contribution is -0.119. The normalized spacial score (nSPS) is 15.1. The number of ether oxygens (including phenoxy) is 1. The van der Waals surface area contributed by atoms with E-state index in [4.69, 9.17) is 4.74 Å². The number of hydrogen-bond donors (Lipinski definition) is 1. The molecule has 0 bridgehead atoms. The SMILES string of the molecule is COCC(C)(CCCCC(=O)CCCCC(C)(CCO)c1ccccc1)c1ccccc1. The van der Waals surface area contributed by atoms with Gasteiger partial charge in [0.2, 0.25) is 0 Å². The van der Waals surface area contributed by atoms with Crippen LogP contribution in [0, 0.1) is 0 Å². The van der Waals surface area contributed by atoms with Gasteiger partial charge in [0.25, 0.3) is 0 Å². The molecule has 0 spiro atoms. The second kappa shape index (κ2) is 13.5. The summed E-state index contributed by atoms with van der Waals surface area (Å²) in [5, 5.41) is 9.53. The summed E-state index contributed by atoms with van der Waals surface area (Å²) in [5.74, 6) is 0.377. The molecular formula is C29H42O3. The van der Waals surface area contributed by atoms with Crippen molar-refractivity contribution in [2.75, 3.05) is 20.3 Å². The number of carbonyl (C=O) groups excluding carboxylic acids is 1. The monoisotopic (exact) mass is 438 g/mol. The Labute approximate surface area is 195 Å². The van der Waals surface area contributed by atoms with Crippen molar-refractivity contribution in [2.45, 2.75) is 82.5 Å². The molecule has 32 heavy (non-hydrogen) atoms. The van der Waals surface area contributed by atoms with E-state index in [0.29, 0.717) is 25.2 Å². The standard InChI is InChI=1S/C29H42O3/c1-28(22-23-30,25-14-6-4-7-15-25)20-12-10-18-27(31)19-11-13-21-29(2,24-32-3)26-16-8-5-9-17-26/h4-9,14-17,30H,10-13,18-24H2,1-3H3. The van der Waals surface area contributed by atoms with Crippen molar-refractivity contribution in [3.05, 3.63) is 71.8 Å². The molecule has 0 saturated heterocycles. The highest BCUT2D eigenvalue weighted by Crippen LogP contribution is 2.33. The largest absolute Gasteiger partial charge is 0.396 e. The number of benzene rings is 2. The molecule has 2 rings (SSSR count). The molecule has 2 aromatic rings. The Morgan fingerprint density at radius 3 is 1.69 bits per heavy atom. The maximum absolute atomic E-state index is 12.4. The van der Waals surface area contributed by atoms with Crippen molar-refractivity contribution in [1.82, 2.24) is 0 Å². The fraction of sp³-hybridized carbons (Fsp3) is 0.552. The third kappa shape index (κ3) is 8.18. The van der Waals surface area contributed by atoms with E-state index in [9.17, 15) is 9.90 Å². The number of aliphatic hydroxyl groups is 1. The summed E-state index contributed by atoms with van der Waals surface area (Å²) < 4.78 is 5.50. The molecule has 0 fully saturated rings. The maximum atomic E-state index is 12.4. The lowest BCUT2D eigenvalue weighted by atomic mass is 9.75. The minimum absolute atomic E-state index is 0.00629. The van der Waals surface area contributed by atoms with Crippen LogP contribution in [0.2, 0.25) is 0 Å². The molecule has 3 nitrogen and oxygen atoms in total. The van der Waals surface area contributed by atoms with Crippen molar-refractivity contribution in [2.24, 2.45) is 0 Å². The number of unbranched alkanes of at least 4 members (excludes halogenated alkanes) is 2. The van der Waals surface area contributed by atoms with Crippen LogP contribution in [0.15, 0.2) is 60.7 Å². The Kier molecular flexibility index (Phi) is 11.1. The number of ketones is 1. The highest BCUT2D eigenvalue weighted by molar-refractivity contribution is 5.78. The zero-order valence-electron chi connectivity index (χ0n) is 20.3. The minimum Gasteiger partial charge on any atom is -0.396 e. The summed E-state index contributed by atoms with van der Waals surface area (Å²) in [6.45, 7) is 5.36. The van der Waals surface area contributed by atoms with Gasteiger partial charge in [-0.05, 0) is 48.6 Å². The van der Waals surface area contributed by atoms with Crippen molar-refractivity contribution >= 4 is 5.78 Å². The molecule has 0 aliphatic rings. The van der Waals surface area contributed by atoms with Gasteiger partial charge in [-0.1, -0.05) is 87.4 Å². The van der Waals surface area contributed by atoms with Gasteiger partial charge in [-0.3, -0.25) is 4.79 Å². The minimum atomic E-state index is -0.0255. The predicted octanol–water partition coefficient (Wildman–Crippen LogP) is 6.62. The molecule has 0 aliphatic carbocycles. The van der Waals surface area contributed by atoms with Crippen LogP contribution in [0.3, 0.4) is 0 Å². The van der Waals surface area contributed by atoms with Gasteiger partial charge in [0, 0.05) is 32.0 Å². The number of hydrogen-bond acceptors (Lipinski definition) is 3. The lowest BCUT2D eigenvalue weighted by Gasteiger charge is -2.30. The average molecular weight is 439 g/mol. The first-order chi connectivity index (χ1) is 15.4. The van der Waals surface area contributed by atoms with Gasteiger partial charge in [0.05, 0.1) is 6.61 Å². The Balaban J connectivity index is 1.71. The smallest absolute Gasteiger partial charge is 0.132 e.